The van der Waals surface area contributed by atoms with Crippen molar-refractivity contribution in [1.82, 2.24) is 9.88 Å². The van der Waals surface area contributed by atoms with E-state index in [4.69, 9.17) is 26.2 Å². The van der Waals surface area contributed by atoms with Gasteiger partial charge in [-0.05, 0) is 42.5 Å². The Balaban J connectivity index is 1.73. The second kappa shape index (κ2) is 15.5. The molecule has 0 radical (unpaired) electrons. The van der Waals surface area contributed by atoms with E-state index >= 15 is 4.39 Å². The number of methoxy groups -OCH3 is 2. The largest absolute Gasteiger partial charge is 0.497 e. The van der Waals surface area contributed by atoms with E-state index < -0.39 is 45.6 Å². The lowest BCUT2D eigenvalue weighted by molar-refractivity contribution is 0.151. The number of hydrogen-bond acceptors (Lipinski definition) is 8. The third-order valence-corrected chi connectivity index (χ3v) is 9.49. The number of anilines is 4. The molecule has 0 aliphatic rings. The van der Waals surface area contributed by atoms with Gasteiger partial charge in [0.25, 0.3) is 16.4 Å². The van der Waals surface area contributed by atoms with Crippen LogP contribution in [0.4, 0.5) is 45.2 Å². The third kappa shape index (κ3) is 8.56. The minimum atomic E-state index is -4.78. The number of aromatic nitrogens is 1. The number of likely N-dealkylation sites (N-methyl/N-ethyl adjacent to an activating group) is 2. The fourth-order valence-electron chi connectivity index (χ4n) is 4.65. The standard InChI is InChI=1S/C32H32ClF4N5O6S/c1-40(11-12-41(2)32(43)44)27-13-19(31(36)37)6-9-25(27)39-26-16-24(35)29(15-23(26)33)49(45,46)42(30-10-7-21(34)17-38-30)18-20-5-8-22(47-3)14-28(20)48-4/h5-10,13-17,31,39H,11-12,18H2,1-4H3,(H,43,44). The second-order valence-electron chi connectivity index (χ2n) is 10.6. The van der Waals surface area contributed by atoms with Gasteiger partial charge in [-0.2, -0.15) is 0 Å². The molecular weight excluding hydrogens is 694 g/mol. The van der Waals surface area contributed by atoms with Gasteiger partial charge in [0.1, 0.15) is 33.8 Å². The molecule has 4 rings (SSSR count). The lowest BCUT2D eigenvalue weighted by Gasteiger charge is -2.26. The van der Waals surface area contributed by atoms with Crippen molar-refractivity contribution < 1.29 is 45.4 Å². The Morgan fingerprint density at radius 1 is 0.980 bits per heavy atom. The van der Waals surface area contributed by atoms with E-state index in [1.54, 1.807) is 19.2 Å². The molecule has 0 fully saturated rings. The Morgan fingerprint density at radius 2 is 1.71 bits per heavy atom. The maximum absolute atomic E-state index is 15.9. The summed E-state index contributed by atoms with van der Waals surface area (Å²) in [5.74, 6) is -1.48. The number of halogens is 5. The quantitative estimate of drug-likeness (QED) is 0.130. The number of sulfonamides is 1. The maximum atomic E-state index is 15.9. The van der Waals surface area contributed by atoms with Gasteiger partial charge in [0, 0.05) is 50.4 Å². The van der Waals surface area contributed by atoms with Crippen LogP contribution in [0, 0.1) is 11.6 Å². The average Bonchev–Trinajstić information content (AvgIpc) is 3.07. The van der Waals surface area contributed by atoms with E-state index in [0.29, 0.717) is 11.3 Å². The molecule has 1 amide bonds. The molecule has 0 aliphatic carbocycles. The number of alkyl halides is 2. The van der Waals surface area contributed by atoms with E-state index in [1.807, 2.05) is 0 Å². The third-order valence-electron chi connectivity index (χ3n) is 7.42. The summed E-state index contributed by atoms with van der Waals surface area (Å²) in [5.41, 5.74) is 0.350. The summed E-state index contributed by atoms with van der Waals surface area (Å²) in [4.78, 5) is 16.8. The van der Waals surface area contributed by atoms with Crippen molar-refractivity contribution in [3.8, 4) is 11.5 Å². The number of carbonyl (C=O) groups is 1. The van der Waals surface area contributed by atoms with Crippen LogP contribution in [0.1, 0.15) is 17.6 Å². The van der Waals surface area contributed by atoms with Gasteiger partial charge >= 0.3 is 6.09 Å². The molecule has 0 spiro atoms. The highest BCUT2D eigenvalue weighted by Crippen LogP contribution is 2.38. The number of rotatable bonds is 14. The number of ether oxygens (including phenoxy) is 2. The Hall–Kier alpha value is -4.96. The first kappa shape index (κ1) is 36.9. The first-order valence-electron chi connectivity index (χ1n) is 14.3. The molecule has 17 heteroatoms. The minimum Gasteiger partial charge on any atom is -0.497 e. The number of carboxylic acid groups (broad SMARTS) is 1. The van der Waals surface area contributed by atoms with Crippen molar-refractivity contribution in [2.45, 2.75) is 17.9 Å². The van der Waals surface area contributed by atoms with Gasteiger partial charge in [0.05, 0.1) is 49.0 Å². The highest BCUT2D eigenvalue weighted by molar-refractivity contribution is 7.92. The van der Waals surface area contributed by atoms with Gasteiger partial charge in [-0.3, -0.25) is 0 Å². The van der Waals surface area contributed by atoms with Crippen LogP contribution in [0.5, 0.6) is 11.5 Å². The van der Waals surface area contributed by atoms with Crippen LogP contribution in [-0.4, -0.2) is 70.9 Å². The van der Waals surface area contributed by atoms with Gasteiger partial charge in [-0.15, -0.1) is 0 Å². The van der Waals surface area contributed by atoms with Crippen molar-refractivity contribution >= 4 is 50.6 Å². The van der Waals surface area contributed by atoms with Crippen LogP contribution in [0.25, 0.3) is 0 Å². The fraction of sp³-hybridized carbons (Fsp3) is 0.250. The van der Waals surface area contributed by atoms with Crippen molar-refractivity contribution in [3.63, 3.8) is 0 Å². The minimum absolute atomic E-state index is 0.0356. The molecule has 1 heterocycles. The number of hydrogen-bond donors (Lipinski definition) is 2. The molecule has 0 unspecified atom stereocenters. The van der Waals surface area contributed by atoms with Crippen LogP contribution in [0.3, 0.4) is 0 Å². The lowest BCUT2D eigenvalue weighted by atomic mass is 10.1. The van der Waals surface area contributed by atoms with E-state index in [1.165, 1.54) is 44.4 Å². The van der Waals surface area contributed by atoms with Crippen molar-refractivity contribution in [2.24, 2.45) is 0 Å². The van der Waals surface area contributed by atoms with Crippen LogP contribution in [0.2, 0.25) is 5.02 Å². The van der Waals surface area contributed by atoms with E-state index in [0.717, 1.165) is 45.7 Å². The molecule has 0 aliphatic heterocycles. The van der Waals surface area contributed by atoms with Gasteiger partial charge in [-0.1, -0.05) is 17.7 Å². The molecule has 1 aromatic heterocycles. The fourth-order valence-corrected chi connectivity index (χ4v) is 6.40. The molecule has 4 aromatic rings. The molecule has 3 aromatic carbocycles. The summed E-state index contributed by atoms with van der Waals surface area (Å²) >= 11 is 6.50. The molecule has 2 N–H and O–H groups in total. The van der Waals surface area contributed by atoms with Crippen LogP contribution in [-0.2, 0) is 16.6 Å². The predicted molar refractivity (Wildman–Crippen MR) is 177 cm³/mol. The summed E-state index contributed by atoms with van der Waals surface area (Å²) in [6.45, 7) is -0.266. The van der Waals surface area contributed by atoms with Crippen molar-refractivity contribution in [3.05, 3.63) is 94.6 Å². The Morgan fingerprint density at radius 3 is 2.33 bits per heavy atom. The Kier molecular flexibility index (Phi) is 11.7. The van der Waals surface area contributed by atoms with E-state index in [-0.39, 0.29) is 52.3 Å². The van der Waals surface area contributed by atoms with Gasteiger partial charge in [0.15, 0.2) is 0 Å². The zero-order valence-electron chi connectivity index (χ0n) is 26.6. The zero-order valence-corrected chi connectivity index (χ0v) is 28.2. The van der Waals surface area contributed by atoms with E-state index in [2.05, 4.69) is 10.3 Å². The Bertz CT molecular complexity index is 1920. The molecule has 0 saturated carbocycles. The number of nitrogens with zero attached hydrogens (tertiary/aromatic N) is 4. The molecular formula is C32H32ClF4N5O6S. The molecule has 262 valence electrons. The SMILES string of the molecule is COc1ccc(CN(c2ccc(F)cn2)S(=O)(=O)c2cc(Cl)c(Nc3ccc(C(F)F)cc3N(C)CCN(C)C(=O)O)cc2F)c(OC)c1. The van der Waals surface area contributed by atoms with Crippen molar-refractivity contribution in [2.75, 3.05) is 55.9 Å². The van der Waals surface area contributed by atoms with Crippen LogP contribution >= 0.6 is 11.6 Å². The molecule has 0 atom stereocenters. The average molecular weight is 726 g/mol. The molecule has 0 bridgehead atoms. The Labute approximate surface area is 285 Å². The first-order chi connectivity index (χ1) is 23.2. The molecule has 49 heavy (non-hydrogen) atoms. The summed E-state index contributed by atoms with van der Waals surface area (Å²) in [6, 6.07) is 12.1. The van der Waals surface area contributed by atoms with Crippen molar-refractivity contribution in [1.29, 1.82) is 0 Å². The highest BCUT2D eigenvalue weighted by Gasteiger charge is 2.31. The smallest absolute Gasteiger partial charge is 0.407 e. The van der Waals surface area contributed by atoms with Gasteiger partial charge in [-0.25, -0.2) is 40.1 Å². The lowest BCUT2D eigenvalue weighted by Crippen LogP contribution is -2.34. The maximum Gasteiger partial charge on any atom is 0.407 e. The summed E-state index contributed by atoms with van der Waals surface area (Å²) in [6.07, 6.45) is -3.18. The summed E-state index contributed by atoms with van der Waals surface area (Å²) in [5, 5.41) is 11.8. The number of amides is 1. The number of benzene rings is 3. The summed E-state index contributed by atoms with van der Waals surface area (Å²) < 4.78 is 96.4. The van der Waals surface area contributed by atoms with E-state index in [9.17, 15) is 26.4 Å². The van der Waals surface area contributed by atoms with Crippen LogP contribution in [0.15, 0.2) is 71.8 Å². The van der Waals surface area contributed by atoms with Gasteiger partial charge in [0.2, 0.25) is 0 Å². The first-order valence-corrected chi connectivity index (χ1v) is 16.2. The monoisotopic (exact) mass is 725 g/mol. The predicted octanol–water partition coefficient (Wildman–Crippen LogP) is 7.15. The normalized spacial score (nSPS) is 11.3. The van der Waals surface area contributed by atoms with Crippen LogP contribution < -0.4 is 24.0 Å². The highest BCUT2D eigenvalue weighted by atomic mass is 35.5. The summed E-state index contributed by atoms with van der Waals surface area (Å²) in [7, 11) is 0.942. The second-order valence-corrected chi connectivity index (χ2v) is 12.9. The molecule has 0 saturated heterocycles. The number of pyridine rings is 1. The molecule has 11 nitrogen and oxygen atoms in total. The zero-order chi connectivity index (χ0) is 36.0. The topological polar surface area (TPSA) is 125 Å². The van der Waals surface area contributed by atoms with Gasteiger partial charge < -0.3 is 29.7 Å². The number of nitrogens with one attached hydrogen (secondary N) is 1.